The van der Waals surface area contributed by atoms with E-state index in [4.69, 9.17) is 15.5 Å². The number of allylic oxidation sites excluding steroid dienone is 1. The third kappa shape index (κ3) is 5.08. The van der Waals surface area contributed by atoms with Crippen LogP contribution in [0.2, 0.25) is 0 Å². The van der Waals surface area contributed by atoms with E-state index >= 15 is 0 Å². The summed E-state index contributed by atoms with van der Waals surface area (Å²) in [6, 6.07) is 0. The fourth-order valence-electron chi connectivity index (χ4n) is 3.57. The lowest BCUT2D eigenvalue weighted by atomic mass is 10.1. The van der Waals surface area contributed by atoms with Gasteiger partial charge in [-0.15, -0.1) is 0 Å². The van der Waals surface area contributed by atoms with Crippen LogP contribution in [0.25, 0.3) is 0 Å². The van der Waals surface area contributed by atoms with Crippen molar-refractivity contribution in [2.75, 3.05) is 38.5 Å². The minimum atomic E-state index is -3.16. The number of nitrogens with two attached hydrogens (primary N) is 1. The molecule has 0 aromatic heterocycles. The average molecular weight is 422 g/mol. The Bertz CT molecular complexity index is 891. The molecule has 0 saturated carbocycles. The standard InChI is InChI=1S/C20H31N5O3S/c1-4-16-13-17(21)20(18-7-6-12-28-15(3)22-18)23-19(14-16)24-8-10-25(11-9-24)29(26,27)5-2/h7,14H,4-6,8-13,21H2,1-3H3. The lowest BCUT2D eigenvalue weighted by Gasteiger charge is -2.35. The van der Waals surface area contributed by atoms with Gasteiger partial charge < -0.3 is 15.4 Å². The van der Waals surface area contributed by atoms with Crippen molar-refractivity contribution in [2.45, 2.75) is 40.0 Å². The Balaban J connectivity index is 1.90. The first-order valence-corrected chi connectivity index (χ1v) is 11.8. The molecule has 0 aromatic rings. The van der Waals surface area contributed by atoms with E-state index in [1.54, 1.807) is 11.2 Å². The van der Waals surface area contributed by atoms with Crippen LogP contribution in [-0.2, 0) is 14.8 Å². The van der Waals surface area contributed by atoms with Crippen LogP contribution in [0.3, 0.4) is 0 Å². The molecule has 0 bridgehead atoms. The third-order valence-corrected chi connectivity index (χ3v) is 7.22. The molecule has 3 rings (SSSR count). The summed E-state index contributed by atoms with van der Waals surface area (Å²) in [6.45, 7) is 8.34. The molecule has 0 aromatic carbocycles. The third-order valence-electron chi connectivity index (χ3n) is 5.34. The molecule has 0 spiro atoms. The van der Waals surface area contributed by atoms with Gasteiger partial charge >= 0.3 is 0 Å². The van der Waals surface area contributed by atoms with Crippen molar-refractivity contribution >= 4 is 21.8 Å². The smallest absolute Gasteiger partial charge is 0.213 e. The first-order chi connectivity index (χ1) is 13.8. The van der Waals surface area contributed by atoms with Crippen LogP contribution in [0, 0.1) is 0 Å². The Morgan fingerprint density at radius 1 is 1.17 bits per heavy atom. The molecule has 29 heavy (non-hydrogen) atoms. The van der Waals surface area contributed by atoms with Crippen molar-refractivity contribution in [1.82, 2.24) is 9.21 Å². The quantitative estimate of drug-likeness (QED) is 0.748. The maximum atomic E-state index is 12.2. The largest absolute Gasteiger partial charge is 0.481 e. The molecular weight excluding hydrogens is 390 g/mol. The second-order valence-corrected chi connectivity index (χ2v) is 9.58. The first-order valence-electron chi connectivity index (χ1n) is 10.2. The van der Waals surface area contributed by atoms with Crippen molar-refractivity contribution in [3.05, 3.63) is 34.8 Å². The van der Waals surface area contributed by atoms with E-state index in [9.17, 15) is 8.42 Å². The second kappa shape index (κ2) is 9.13. The highest BCUT2D eigenvalue weighted by Crippen LogP contribution is 2.27. The van der Waals surface area contributed by atoms with Gasteiger partial charge in [0.05, 0.1) is 18.1 Å². The number of hydrogen-bond donors (Lipinski definition) is 1. The van der Waals surface area contributed by atoms with Crippen LogP contribution in [0.4, 0.5) is 0 Å². The molecule has 160 valence electrons. The summed E-state index contributed by atoms with van der Waals surface area (Å²) < 4.78 is 31.4. The lowest BCUT2D eigenvalue weighted by molar-refractivity contribution is 0.267. The Kier molecular flexibility index (Phi) is 6.79. The van der Waals surface area contributed by atoms with Crippen molar-refractivity contribution in [1.29, 1.82) is 0 Å². The molecular formula is C20H31N5O3S. The zero-order chi connectivity index (χ0) is 21.0. The summed E-state index contributed by atoms with van der Waals surface area (Å²) >= 11 is 0. The summed E-state index contributed by atoms with van der Waals surface area (Å²) in [5.74, 6) is 1.56. The van der Waals surface area contributed by atoms with Crippen molar-refractivity contribution < 1.29 is 13.2 Å². The van der Waals surface area contributed by atoms with E-state index in [0.717, 1.165) is 24.4 Å². The van der Waals surface area contributed by atoms with Crippen LogP contribution >= 0.6 is 0 Å². The number of aliphatic imine (C=N–C) groups is 2. The lowest BCUT2D eigenvalue weighted by Crippen LogP contribution is -2.50. The summed E-state index contributed by atoms with van der Waals surface area (Å²) in [5, 5.41) is 0. The number of piperazine rings is 1. The van der Waals surface area contributed by atoms with Crippen LogP contribution in [-0.4, -0.2) is 67.9 Å². The highest BCUT2D eigenvalue weighted by molar-refractivity contribution is 7.89. The predicted octanol–water partition coefficient (Wildman–Crippen LogP) is 1.99. The van der Waals surface area contributed by atoms with Gasteiger partial charge in [0.1, 0.15) is 11.5 Å². The number of nitrogens with zero attached hydrogens (tertiary/aromatic N) is 4. The van der Waals surface area contributed by atoms with Gasteiger partial charge in [-0.05, 0) is 19.4 Å². The van der Waals surface area contributed by atoms with E-state index in [1.807, 2.05) is 13.0 Å². The van der Waals surface area contributed by atoms with Crippen molar-refractivity contribution in [2.24, 2.45) is 15.7 Å². The minimum Gasteiger partial charge on any atom is -0.481 e. The number of ether oxygens (including phenoxy) is 1. The number of sulfonamides is 1. The zero-order valence-corrected chi connectivity index (χ0v) is 18.3. The first kappa shape index (κ1) is 21.6. The van der Waals surface area contributed by atoms with Gasteiger partial charge in [0.15, 0.2) is 5.90 Å². The number of rotatable bonds is 4. The number of hydrogen-bond acceptors (Lipinski definition) is 7. The molecule has 9 heteroatoms. The van der Waals surface area contributed by atoms with E-state index in [1.165, 1.54) is 5.57 Å². The highest BCUT2D eigenvalue weighted by atomic mass is 32.2. The van der Waals surface area contributed by atoms with E-state index in [-0.39, 0.29) is 5.75 Å². The molecule has 0 atom stereocenters. The molecule has 2 N–H and O–H groups in total. The van der Waals surface area contributed by atoms with Crippen LogP contribution < -0.4 is 5.73 Å². The fraction of sp³-hybridized carbons (Fsp3) is 0.600. The highest BCUT2D eigenvalue weighted by Gasteiger charge is 2.27. The Hall–Kier alpha value is -2.13. The molecule has 3 aliphatic heterocycles. The maximum Gasteiger partial charge on any atom is 0.213 e. The summed E-state index contributed by atoms with van der Waals surface area (Å²) in [5.41, 5.74) is 9.77. The fourth-order valence-corrected chi connectivity index (χ4v) is 4.65. The topological polar surface area (TPSA) is 101 Å². The molecule has 3 heterocycles. The predicted molar refractivity (Wildman–Crippen MR) is 116 cm³/mol. The van der Waals surface area contributed by atoms with Crippen LogP contribution in [0.5, 0.6) is 0 Å². The van der Waals surface area contributed by atoms with E-state index in [0.29, 0.717) is 56.5 Å². The summed E-state index contributed by atoms with van der Waals surface area (Å²) in [7, 11) is -3.16. The summed E-state index contributed by atoms with van der Waals surface area (Å²) in [4.78, 5) is 11.6. The SMILES string of the molecule is CCC1=CC(N2CCN(S(=O)(=O)CC)CC2)=NC(C2=CCCOC(C)=N2)=C(N)C1. The van der Waals surface area contributed by atoms with Crippen LogP contribution in [0.1, 0.15) is 40.0 Å². The van der Waals surface area contributed by atoms with Gasteiger partial charge in [-0.1, -0.05) is 18.6 Å². The van der Waals surface area contributed by atoms with Crippen molar-refractivity contribution in [3.8, 4) is 0 Å². The van der Waals surface area contributed by atoms with Gasteiger partial charge in [-0.3, -0.25) is 0 Å². The van der Waals surface area contributed by atoms with Crippen LogP contribution in [0.15, 0.2) is 44.8 Å². The molecule has 3 aliphatic rings. The number of amidine groups is 1. The normalized spacial score (nSPS) is 22.1. The molecule has 8 nitrogen and oxygen atoms in total. The minimum absolute atomic E-state index is 0.130. The van der Waals surface area contributed by atoms with Gasteiger partial charge in [0.25, 0.3) is 0 Å². The van der Waals surface area contributed by atoms with Gasteiger partial charge in [0.2, 0.25) is 10.0 Å². The van der Waals surface area contributed by atoms with Gasteiger partial charge in [-0.2, -0.15) is 4.31 Å². The van der Waals surface area contributed by atoms with Gasteiger partial charge in [0, 0.05) is 51.6 Å². The molecule has 0 radical (unpaired) electrons. The Morgan fingerprint density at radius 2 is 1.90 bits per heavy atom. The van der Waals surface area contributed by atoms with Gasteiger partial charge in [-0.25, -0.2) is 18.4 Å². The molecule has 1 fully saturated rings. The maximum absolute atomic E-state index is 12.2. The molecule has 0 amide bonds. The molecule has 1 saturated heterocycles. The zero-order valence-electron chi connectivity index (χ0n) is 17.5. The van der Waals surface area contributed by atoms with E-state index in [2.05, 4.69) is 22.9 Å². The molecule has 0 aliphatic carbocycles. The monoisotopic (exact) mass is 421 g/mol. The Labute approximate surface area is 173 Å². The van der Waals surface area contributed by atoms with Crippen molar-refractivity contribution in [3.63, 3.8) is 0 Å². The Morgan fingerprint density at radius 3 is 2.55 bits per heavy atom. The second-order valence-electron chi connectivity index (χ2n) is 7.32. The summed E-state index contributed by atoms with van der Waals surface area (Å²) in [6.07, 6.45) is 6.38. The average Bonchev–Trinajstić information content (AvgIpc) is 3.03. The molecule has 0 unspecified atom stereocenters. The van der Waals surface area contributed by atoms with E-state index < -0.39 is 10.0 Å².